The number of carbonyl (C=O) groups is 1. The second-order valence-electron chi connectivity index (χ2n) is 8.68. The average molecular weight is 389 g/mol. The Labute approximate surface area is 169 Å². The van der Waals surface area contributed by atoms with Gasteiger partial charge in [-0.05, 0) is 62.5 Å². The molecule has 1 aromatic carbocycles. The summed E-state index contributed by atoms with van der Waals surface area (Å²) in [5.74, 6) is 2.29. The number of benzene rings is 1. The van der Waals surface area contributed by atoms with E-state index in [0.29, 0.717) is 18.5 Å². The molecule has 2 N–H and O–H groups in total. The summed E-state index contributed by atoms with van der Waals surface area (Å²) in [6, 6.07) is 9.39. The van der Waals surface area contributed by atoms with Crippen molar-refractivity contribution < 1.29 is 14.3 Å². The molecule has 5 nitrogen and oxygen atoms in total. The van der Waals surface area contributed by atoms with Crippen LogP contribution in [0, 0.1) is 11.8 Å². The average Bonchev–Trinajstić information content (AvgIpc) is 2.72. The van der Waals surface area contributed by atoms with E-state index in [9.17, 15) is 4.79 Å². The van der Waals surface area contributed by atoms with Crippen molar-refractivity contribution in [2.75, 3.05) is 19.8 Å². The monoisotopic (exact) mass is 388 g/mol. The lowest BCUT2D eigenvalue weighted by Crippen LogP contribution is -2.57. The number of likely N-dealkylation sites (tertiary alicyclic amines) is 1. The van der Waals surface area contributed by atoms with Crippen molar-refractivity contribution in [1.29, 1.82) is 0 Å². The Hall–Kier alpha value is -1.59. The van der Waals surface area contributed by atoms with Gasteiger partial charge in [0.2, 0.25) is 0 Å². The molecule has 28 heavy (non-hydrogen) atoms. The van der Waals surface area contributed by atoms with Crippen molar-refractivity contribution in [1.82, 2.24) is 4.90 Å². The van der Waals surface area contributed by atoms with Crippen molar-refractivity contribution in [3.05, 3.63) is 30.3 Å². The van der Waals surface area contributed by atoms with Crippen molar-refractivity contribution in [2.24, 2.45) is 17.6 Å². The van der Waals surface area contributed by atoms with Gasteiger partial charge in [-0.15, -0.1) is 0 Å². The van der Waals surface area contributed by atoms with Crippen LogP contribution in [-0.4, -0.2) is 48.8 Å². The Kier molecular flexibility index (Phi) is 7.74. The lowest BCUT2D eigenvalue weighted by molar-refractivity contribution is -0.140. The third kappa shape index (κ3) is 5.71. The van der Waals surface area contributed by atoms with Crippen LogP contribution >= 0.6 is 0 Å². The number of piperidine rings is 1. The quantitative estimate of drug-likeness (QED) is 0.775. The summed E-state index contributed by atoms with van der Waals surface area (Å²) >= 11 is 0. The highest BCUT2D eigenvalue weighted by atomic mass is 16.5. The van der Waals surface area contributed by atoms with E-state index in [0.717, 1.165) is 44.1 Å². The molecule has 2 aliphatic rings. The Morgan fingerprint density at radius 3 is 2.54 bits per heavy atom. The molecule has 1 aliphatic carbocycles. The molecule has 156 valence electrons. The fourth-order valence-electron chi connectivity index (χ4n) is 4.51. The van der Waals surface area contributed by atoms with Gasteiger partial charge >= 0.3 is 0 Å². The van der Waals surface area contributed by atoms with Gasteiger partial charge in [0.15, 0.2) is 6.61 Å². The van der Waals surface area contributed by atoms with Gasteiger partial charge < -0.3 is 20.1 Å². The van der Waals surface area contributed by atoms with Crippen LogP contribution < -0.4 is 10.5 Å². The van der Waals surface area contributed by atoms with E-state index in [1.807, 2.05) is 35.2 Å². The smallest absolute Gasteiger partial charge is 0.260 e. The molecule has 2 fully saturated rings. The minimum Gasteiger partial charge on any atom is -0.484 e. The van der Waals surface area contributed by atoms with E-state index < -0.39 is 0 Å². The number of nitrogens with two attached hydrogens (primary N) is 1. The maximum Gasteiger partial charge on any atom is 0.260 e. The van der Waals surface area contributed by atoms with Crippen LogP contribution in [0.1, 0.15) is 52.4 Å². The van der Waals surface area contributed by atoms with E-state index in [2.05, 4.69) is 13.8 Å². The number of rotatable bonds is 7. The van der Waals surface area contributed by atoms with Crippen molar-refractivity contribution in [3.63, 3.8) is 0 Å². The van der Waals surface area contributed by atoms with Crippen LogP contribution in [-0.2, 0) is 9.53 Å². The van der Waals surface area contributed by atoms with Gasteiger partial charge in [0.25, 0.3) is 5.91 Å². The molecular weight excluding hydrogens is 352 g/mol. The molecule has 0 spiro atoms. The third-order valence-electron chi connectivity index (χ3n) is 6.42. The number of amides is 1. The van der Waals surface area contributed by atoms with Crippen LogP contribution in [0.5, 0.6) is 5.75 Å². The maximum absolute atomic E-state index is 12.8. The Balaban J connectivity index is 1.50. The lowest BCUT2D eigenvalue weighted by atomic mass is 9.80. The molecule has 1 aliphatic heterocycles. The van der Waals surface area contributed by atoms with Gasteiger partial charge in [0, 0.05) is 12.6 Å². The maximum atomic E-state index is 12.8. The highest BCUT2D eigenvalue weighted by Gasteiger charge is 2.34. The van der Waals surface area contributed by atoms with Gasteiger partial charge in [-0.3, -0.25) is 4.79 Å². The zero-order chi connectivity index (χ0) is 19.9. The van der Waals surface area contributed by atoms with Crippen molar-refractivity contribution >= 4 is 5.91 Å². The minimum absolute atomic E-state index is 0.00359. The molecule has 1 saturated heterocycles. The topological polar surface area (TPSA) is 64.8 Å². The SMILES string of the molecule is CC(C)[C@H]1CC[C@@H](OC[C@H]2C(N)CCCN2C(=O)COc2ccccc2)CC1. The molecule has 1 unspecified atom stereocenters. The normalized spacial score (nSPS) is 28.4. The molecule has 0 radical (unpaired) electrons. The highest BCUT2D eigenvalue weighted by molar-refractivity contribution is 5.78. The van der Waals surface area contributed by atoms with Gasteiger partial charge in [-0.1, -0.05) is 32.0 Å². The summed E-state index contributed by atoms with van der Waals surface area (Å²) in [6.45, 7) is 5.95. The summed E-state index contributed by atoms with van der Waals surface area (Å²) in [7, 11) is 0. The number of ether oxygens (including phenoxy) is 2. The fourth-order valence-corrected chi connectivity index (χ4v) is 4.51. The van der Waals surface area contributed by atoms with E-state index in [1.165, 1.54) is 12.8 Å². The molecule has 5 heteroatoms. The Morgan fingerprint density at radius 2 is 1.86 bits per heavy atom. The standard InChI is InChI=1S/C23H36N2O3/c1-17(2)18-10-12-20(13-11-18)27-15-22-21(24)9-6-14-25(22)23(26)16-28-19-7-4-3-5-8-19/h3-5,7-8,17-18,20-22H,6,9-16,24H2,1-2H3/t18-,20+,21?,22-/m0/s1. The van der Waals surface area contributed by atoms with Crippen LogP contribution in [0.25, 0.3) is 0 Å². The molecule has 0 bridgehead atoms. The summed E-state index contributed by atoms with van der Waals surface area (Å²) in [6.07, 6.45) is 6.91. The molecule has 0 aromatic heterocycles. The second kappa shape index (κ2) is 10.3. The predicted octanol–water partition coefficient (Wildman–Crippen LogP) is 3.62. The molecular formula is C23H36N2O3. The van der Waals surface area contributed by atoms with Gasteiger partial charge in [0.05, 0.1) is 18.8 Å². The minimum atomic E-state index is -0.0524. The van der Waals surface area contributed by atoms with Crippen LogP contribution in [0.2, 0.25) is 0 Å². The first-order valence-corrected chi connectivity index (χ1v) is 10.9. The zero-order valence-corrected chi connectivity index (χ0v) is 17.4. The Morgan fingerprint density at radius 1 is 1.14 bits per heavy atom. The Bertz CT molecular complexity index is 599. The zero-order valence-electron chi connectivity index (χ0n) is 17.4. The van der Waals surface area contributed by atoms with Gasteiger partial charge in [-0.2, -0.15) is 0 Å². The van der Waals surface area contributed by atoms with Crippen LogP contribution in [0.3, 0.4) is 0 Å². The molecule has 1 heterocycles. The number of para-hydroxylation sites is 1. The fraction of sp³-hybridized carbons (Fsp3) is 0.696. The van der Waals surface area contributed by atoms with E-state index in [-0.39, 0.29) is 24.6 Å². The first kappa shape index (κ1) is 21.1. The van der Waals surface area contributed by atoms with E-state index in [4.69, 9.17) is 15.2 Å². The summed E-state index contributed by atoms with van der Waals surface area (Å²) in [5.41, 5.74) is 6.38. The van der Waals surface area contributed by atoms with Gasteiger partial charge in [0.1, 0.15) is 5.75 Å². The summed E-state index contributed by atoms with van der Waals surface area (Å²) in [4.78, 5) is 14.7. The number of nitrogens with zero attached hydrogens (tertiary/aromatic N) is 1. The van der Waals surface area contributed by atoms with E-state index >= 15 is 0 Å². The summed E-state index contributed by atoms with van der Waals surface area (Å²) in [5, 5.41) is 0. The highest BCUT2D eigenvalue weighted by Crippen LogP contribution is 2.31. The second-order valence-corrected chi connectivity index (χ2v) is 8.68. The number of hydrogen-bond acceptors (Lipinski definition) is 4. The first-order chi connectivity index (χ1) is 13.5. The molecule has 1 aromatic rings. The number of hydrogen-bond donors (Lipinski definition) is 1. The summed E-state index contributed by atoms with van der Waals surface area (Å²) < 4.78 is 11.9. The van der Waals surface area contributed by atoms with Crippen LogP contribution in [0.4, 0.5) is 0 Å². The predicted molar refractivity (Wildman–Crippen MR) is 111 cm³/mol. The molecule has 2 atom stereocenters. The third-order valence-corrected chi connectivity index (χ3v) is 6.42. The molecule has 1 saturated carbocycles. The molecule has 1 amide bonds. The van der Waals surface area contributed by atoms with Crippen molar-refractivity contribution in [2.45, 2.75) is 70.6 Å². The van der Waals surface area contributed by atoms with Crippen LogP contribution in [0.15, 0.2) is 30.3 Å². The first-order valence-electron chi connectivity index (χ1n) is 10.9. The largest absolute Gasteiger partial charge is 0.484 e. The van der Waals surface area contributed by atoms with Crippen molar-refractivity contribution in [3.8, 4) is 5.75 Å². The van der Waals surface area contributed by atoms with Gasteiger partial charge in [-0.25, -0.2) is 0 Å². The van der Waals surface area contributed by atoms with E-state index in [1.54, 1.807) is 0 Å². The molecule has 3 rings (SSSR count). The number of carbonyl (C=O) groups excluding carboxylic acids is 1. The lowest BCUT2D eigenvalue weighted by Gasteiger charge is -2.40.